The molecule has 1 aromatic heterocycles. The third kappa shape index (κ3) is 4.16. The van der Waals surface area contributed by atoms with Crippen LogP contribution in [0, 0.1) is 10.9 Å². The number of amides is 2. The number of benzene rings is 1. The lowest BCUT2D eigenvalue weighted by molar-refractivity contribution is -0.138. The Morgan fingerprint density at radius 1 is 1.38 bits per heavy atom. The summed E-state index contributed by atoms with van der Waals surface area (Å²) in [6, 6.07) is 7.40. The highest BCUT2D eigenvalue weighted by molar-refractivity contribution is 8.01. The van der Waals surface area contributed by atoms with E-state index in [1.807, 2.05) is 31.2 Å². The van der Waals surface area contributed by atoms with Gasteiger partial charge in [0, 0.05) is 6.54 Å². The van der Waals surface area contributed by atoms with Gasteiger partial charge < -0.3 is 10.6 Å². The first-order valence-electron chi connectivity index (χ1n) is 8.35. The number of piperidine rings is 1. The number of aromatic nitrogens is 2. The molecule has 2 N–H and O–H groups in total. The standard InChI is InChI=1S/C17H20N4O2S3/c1-11-6-2-3-7-12(11)21-17(24)26-16(19-21)25-10-14(22)20-9-5-4-8-13(20)15(18)23/h2-3,6-7,13H,4-5,8-10H2,1H3,(H2,18,23)/t13-/m1/s1. The molecule has 1 aliphatic rings. The molecule has 1 saturated heterocycles. The highest BCUT2D eigenvalue weighted by Crippen LogP contribution is 2.26. The van der Waals surface area contributed by atoms with Crippen LogP contribution in [0.2, 0.25) is 0 Å². The molecule has 2 aromatic rings. The molecule has 2 heterocycles. The number of para-hydroxylation sites is 1. The Hall–Kier alpha value is -1.71. The Morgan fingerprint density at radius 2 is 2.15 bits per heavy atom. The van der Waals surface area contributed by atoms with Crippen LogP contribution in [0.5, 0.6) is 0 Å². The quantitative estimate of drug-likeness (QED) is 0.608. The number of hydrogen-bond acceptors (Lipinski definition) is 6. The van der Waals surface area contributed by atoms with Crippen molar-refractivity contribution in [2.45, 2.75) is 36.6 Å². The van der Waals surface area contributed by atoms with Crippen LogP contribution >= 0.6 is 35.3 Å². The number of carbonyl (C=O) groups is 2. The molecular formula is C17H20N4O2S3. The van der Waals surface area contributed by atoms with Crippen molar-refractivity contribution in [2.24, 2.45) is 5.73 Å². The zero-order valence-electron chi connectivity index (χ0n) is 14.4. The smallest absolute Gasteiger partial charge is 0.240 e. The SMILES string of the molecule is Cc1ccccc1-n1nc(SCC(=O)N2CCCC[C@@H]2C(N)=O)sc1=S. The summed E-state index contributed by atoms with van der Waals surface area (Å²) in [5.74, 6) is -0.288. The van der Waals surface area contributed by atoms with E-state index in [4.69, 9.17) is 18.0 Å². The van der Waals surface area contributed by atoms with Gasteiger partial charge in [0.15, 0.2) is 8.29 Å². The van der Waals surface area contributed by atoms with Gasteiger partial charge >= 0.3 is 0 Å². The van der Waals surface area contributed by atoms with E-state index in [1.54, 1.807) is 9.58 Å². The summed E-state index contributed by atoms with van der Waals surface area (Å²) < 4.78 is 3.11. The number of rotatable bonds is 5. The van der Waals surface area contributed by atoms with Crippen molar-refractivity contribution in [3.05, 3.63) is 33.8 Å². The Bertz CT molecular complexity index is 877. The first-order chi connectivity index (χ1) is 12.5. The molecule has 1 aliphatic heterocycles. The number of aryl methyl sites for hydroxylation is 1. The van der Waals surface area contributed by atoms with E-state index in [-0.39, 0.29) is 11.7 Å². The zero-order valence-corrected chi connectivity index (χ0v) is 16.8. The molecule has 1 fully saturated rings. The van der Waals surface area contributed by atoms with Crippen LogP contribution in [0.25, 0.3) is 5.69 Å². The summed E-state index contributed by atoms with van der Waals surface area (Å²) in [5.41, 5.74) is 7.46. The lowest BCUT2D eigenvalue weighted by Gasteiger charge is -2.33. The van der Waals surface area contributed by atoms with Crippen molar-refractivity contribution < 1.29 is 9.59 Å². The molecule has 0 spiro atoms. The number of hydrogen-bond donors (Lipinski definition) is 1. The minimum atomic E-state index is -0.487. The van der Waals surface area contributed by atoms with E-state index in [2.05, 4.69) is 5.10 Å². The van der Waals surface area contributed by atoms with E-state index in [0.29, 0.717) is 16.9 Å². The molecule has 26 heavy (non-hydrogen) atoms. The van der Waals surface area contributed by atoms with E-state index in [9.17, 15) is 9.59 Å². The van der Waals surface area contributed by atoms with Crippen LogP contribution in [0.1, 0.15) is 24.8 Å². The highest BCUT2D eigenvalue weighted by Gasteiger charge is 2.30. The number of nitrogens with two attached hydrogens (primary N) is 1. The molecule has 2 amide bonds. The van der Waals surface area contributed by atoms with Crippen LogP contribution in [-0.4, -0.2) is 44.8 Å². The molecule has 1 atom stereocenters. The summed E-state index contributed by atoms with van der Waals surface area (Å²) in [6.45, 7) is 2.59. The fourth-order valence-corrected chi connectivity index (χ4v) is 5.24. The fourth-order valence-electron chi connectivity index (χ4n) is 3.00. The molecule has 0 bridgehead atoms. The Labute approximate surface area is 165 Å². The van der Waals surface area contributed by atoms with Crippen molar-refractivity contribution in [1.82, 2.24) is 14.7 Å². The molecule has 0 saturated carbocycles. The molecule has 138 valence electrons. The van der Waals surface area contributed by atoms with Crippen LogP contribution in [0.15, 0.2) is 28.6 Å². The van der Waals surface area contributed by atoms with Crippen molar-refractivity contribution >= 4 is 47.1 Å². The Balaban J connectivity index is 1.70. The largest absolute Gasteiger partial charge is 0.368 e. The van der Waals surface area contributed by atoms with Crippen molar-refractivity contribution in [3.8, 4) is 5.69 Å². The molecule has 3 rings (SSSR count). The van der Waals surface area contributed by atoms with Crippen molar-refractivity contribution in [1.29, 1.82) is 0 Å². The molecule has 0 radical (unpaired) electrons. The fraction of sp³-hybridized carbons (Fsp3) is 0.412. The predicted octanol–water partition coefficient (Wildman–Crippen LogP) is 2.93. The van der Waals surface area contributed by atoms with Gasteiger partial charge in [0.1, 0.15) is 6.04 Å². The van der Waals surface area contributed by atoms with Crippen molar-refractivity contribution in [3.63, 3.8) is 0 Å². The molecule has 6 nitrogen and oxygen atoms in total. The normalized spacial score (nSPS) is 17.3. The van der Waals surface area contributed by atoms with E-state index < -0.39 is 11.9 Å². The second-order valence-electron chi connectivity index (χ2n) is 6.12. The van der Waals surface area contributed by atoms with Crippen LogP contribution in [-0.2, 0) is 9.59 Å². The summed E-state index contributed by atoms with van der Waals surface area (Å²) >= 11 is 8.15. The maximum Gasteiger partial charge on any atom is 0.240 e. The molecular weight excluding hydrogens is 388 g/mol. The average Bonchev–Trinajstić information content (AvgIpc) is 3.00. The van der Waals surface area contributed by atoms with Gasteiger partial charge in [0.05, 0.1) is 11.4 Å². The minimum Gasteiger partial charge on any atom is -0.368 e. The number of thioether (sulfide) groups is 1. The van der Waals surface area contributed by atoms with Gasteiger partial charge in [-0.25, -0.2) is 4.68 Å². The summed E-state index contributed by atoms with van der Waals surface area (Å²) in [7, 11) is 0. The minimum absolute atomic E-state index is 0.0814. The molecule has 0 unspecified atom stereocenters. The molecule has 1 aromatic carbocycles. The van der Waals surface area contributed by atoms with Gasteiger partial charge in [-0.3, -0.25) is 9.59 Å². The number of carbonyl (C=O) groups excluding carboxylic acids is 2. The second kappa shape index (κ2) is 8.32. The second-order valence-corrected chi connectivity index (χ2v) is 8.97. The number of nitrogens with zero attached hydrogens (tertiary/aromatic N) is 3. The third-order valence-electron chi connectivity index (χ3n) is 4.34. The lowest BCUT2D eigenvalue weighted by atomic mass is 10.0. The van der Waals surface area contributed by atoms with Crippen LogP contribution in [0.3, 0.4) is 0 Å². The molecule has 9 heteroatoms. The van der Waals surface area contributed by atoms with Gasteiger partial charge in [-0.15, -0.1) is 5.10 Å². The van der Waals surface area contributed by atoms with Gasteiger partial charge in [-0.2, -0.15) is 0 Å². The Kier molecular flexibility index (Phi) is 6.10. The summed E-state index contributed by atoms with van der Waals surface area (Å²) in [4.78, 5) is 25.7. The monoisotopic (exact) mass is 408 g/mol. The van der Waals surface area contributed by atoms with Crippen LogP contribution < -0.4 is 5.73 Å². The Morgan fingerprint density at radius 3 is 2.88 bits per heavy atom. The predicted molar refractivity (Wildman–Crippen MR) is 106 cm³/mol. The first-order valence-corrected chi connectivity index (χ1v) is 10.6. The number of likely N-dealkylation sites (tertiary alicyclic amines) is 1. The topological polar surface area (TPSA) is 81.2 Å². The van der Waals surface area contributed by atoms with Gasteiger partial charge in [-0.1, -0.05) is 41.3 Å². The van der Waals surface area contributed by atoms with E-state index >= 15 is 0 Å². The van der Waals surface area contributed by atoms with E-state index in [0.717, 1.165) is 28.4 Å². The van der Waals surface area contributed by atoms with Crippen LogP contribution in [0.4, 0.5) is 0 Å². The molecule has 0 aliphatic carbocycles. The zero-order chi connectivity index (χ0) is 18.7. The van der Waals surface area contributed by atoms with Gasteiger partial charge in [0.25, 0.3) is 0 Å². The van der Waals surface area contributed by atoms with Gasteiger partial charge in [0.2, 0.25) is 11.8 Å². The summed E-state index contributed by atoms with van der Waals surface area (Å²) in [5, 5.41) is 4.54. The van der Waals surface area contributed by atoms with Gasteiger partial charge in [-0.05, 0) is 50.0 Å². The average molecular weight is 409 g/mol. The first kappa shape index (κ1) is 19.1. The summed E-state index contributed by atoms with van der Waals surface area (Å²) in [6.07, 6.45) is 2.47. The number of primary amides is 1. The van der Waals surface area contributed by atoms with Crippen molar-refractivity contribution in [2.75, 3.05) is 12.3 Å². The maximum absolute atomic E-state index is 12.5. The maximum atomic E-state index is 12.5. The lowest BCUT2D eigenvalue weighted by Crippen LogP contribution is -2.51. The van der Waals surface area contributed by atoms with E-state index in [1.165, 1.54) is 23.1 Å². The highest BCUT2D eigenvalue weighted by atomic mass is 32.2. The third-order valence-corrected chi connectivity index (χ3v) is 6.69.